The molecular weight excluding hydrogens is 580 g/mol. The van der Waals surface area contributed by atoms with Gasteiger partial charge in [-0.3, -0.25) is 18.7 Å². The van der Waals surface area contributed by atoms with Crippen molar-refractivity contribution in [3.8, 4) is 11.6 Å². The third-order valence-corrected chi connectivity index (χ3v) is 8.42. The summed E-state index contributed by atoms with van der Waals surface area (Å²) in [6.07, 6.45) is 2.60. The van der Waals surface area contributed by atoms with E-state index in [-0.39, 0.29) is 19.4 Å². The number of nitrogens with zero attached hydrogens (tertiary/aromatic N) is 2. The molecule has 232 valence electrons. The molecule has 0 radical (unpaired) electrons. The molecule has 0 bridgehead atoms. The third-order valence-electron chi connectivity index (χ3n) is 7.46. The van der Waals surface area contributed by atoms with E-state index >= 15 is 0 Å². The Labute approximate surface area is 250 Å². The van der Waals surface area contributed by atoms with Gasteiger partial charge in [0.05, 0.1) is 19.8 Å². The molecule has 3 amide bonds. The number of carbonyl (C=O) groups is 3. The largest absolute Gasteiger partial charge is 0.497 e. The molecule has 43 heavy (non-hydrogen) atoms. The molecule has 2 N–H and O–H groups in total. The van der Waals surface area contributed by atoms with Crippen LogP contribution >= 0.6 is 0 Å². The van der Waals surface area contributed by atoms with Crippen LogP contribution in [0.15, 0.2) is 43.1 Å². The predicted octanol–water partition coefficient (Wildman–Crippen LogP) is 2.60. The molecule has 1 saturated heterocycles. The first kappa shape index (κ1) is 30.5. The van der Waals surface area contributed by atoms with Crippen LogP contribution in [-0.4, -0.2) is 79.3 Å². The van der Waals surface area contributed by atoms with E-state index in [9.17, 15) is 22.8 Å². The van der Waals surface area contributed by atoms with Crippen molar-refractivity contribution in [1.82, 2.24) is 19.9 Å². The van der Waals surface area contributed by atoms with Gasteiger partial charge in [-0.1, -0.05) is 6.08 Å². The molecule has 1 unspecified atom stereocenters. The van der Waals surface area contributed by atoms with Crippen LogP contribution in [0.1, 0.15) is 46.5 Å². The number of carbonyl (C=O) groups excluding carboxylic acids is 3. The van der Waals surface area contributed by atoms with Crippen molar-refractivity contribution in [2.45, 2.75) is 75.8 Å². The van der Waals surface area contributed by atoms with Crippen molar-refractivity contribution >= 4 is 39.0 Å². The summed E-state index contributed by atoms with van der Waals surface area (Å²) in [6.45, 7) is 8.84. The lowest BCUT2D eigenvalue weighted by molar-refractivity contribution is -0.131. The smallest absolute Gasteiger partial charge is 0.411 e. The first-order chi connectivity index (χ1) is 20.2. The van der Waals surface area contributed by atoms with Gasteiger partial charge in [0.1, 0.15) is 29.0 Å². The monoisotopic (exact) mass is 616 g/mol. The second-order valence-electron chi connectivity index (χ2n) is 12.0. The Kier molecular flexibility index (Phi) is 8.03. The van der Waals surface area contributed by atoms with E-state index in [1.807, 2.05) is 22.9 Å². The van der Waals surface area contributed by atoms with Gasteiger partial charge >= 0.3 is 16.4 Å². The Bertz CT molecular complexity index is 1550. The fraction of sp³-hybridized carbons (Fsp3) is 0.517. The average molecular weight is 617 g/mol. The second kappa shape index (κ2) is 11.3. The maximum absolute atomic E-state index is 13.7. The fourth-order valence-electron chi connectivity index (χ4n) is 5.07. The summed E-state index contributed by atoms with van der Waals surface area (Å²) in [5.41, 5.74) is -2.40. The Morgan fingerprint density at radius 3 is 2.53 bits per heavy atom. The fourth-order valence-corrected chi connectivity index (χ4v) is 6.08. The number of likely N-dealkylation sites (tertiary alicyclic amines) is 1. The minimum Gasteiger partial charge on any atom is -0.497 e. The number of nitrogens with one attached hydrogen (secondary N) is 2. The normalized spacial score (nSPS) is 25.1. The minimum atomic E-state index is -4.36. The quantitative estimate of drug-likeness (QED) is 0.380. The number of methoxy groups -OCH3 is 1. The highest BCUT2D eigenvalue weighted by Crippen LogP contribution is 2.45. The summed E-state index contributed by atoms with van der Waals surface area (Å²) < 4.78 is 48.6. The van der Waals surface area contributed by atoms with Gasteiger partial charge in [-0.05, 0) is 69.7 Å². The van der Waals surface area contributed by atoms with E-state index in [4.69, 9.17) is 18.4 Å². The first-order valence-corrected chi connectivity index (χ1v) is 15.4. The summed E-state index contributed by atoms with van der Waals surface area (Å²) in [5.74, 6) is -1.13. The second-order valence-corrected chi connectivity index (χ2v) is 13.3. The van der Waals surface area contributed by atoms with Crippen LogP contribution in [0.25, 0.3) is 10.8 Å². The van der Waals surface area contributed by atoms with Gasteiger partial charge in [-0.15, -0.1) is 6.58 Å². The zero-order valence-corrected chi connectivity index (χ0v) is 25.3. The molecule has 14 heteroatoms. The summed E-state index contributed by atoms with van der Waals surface area (Å²) in [4.78, 5) is 45.8. The number of rotatable bonds is 10. The van der Waals surface area contributed by atoms with Crippen LogP contribution in [0.2, 0.25) is 0 Å². The van der Waals surface area contributed by atoms with Gasteiger partial charge in [-0.2, -0.15) is 8.42 Å². The SMILES string of the molecule is C=C[C@@H]1C[C@]1(NC(=O)[C@@H]1CC(Oc2nccc3cc(OC)ccc23)CN1C(=O)OC(C)(C)C)C(=O)NS(=O)(=O)OC1CC1. The number of fused-ring (bicyclic) bond motifs is 1. The van der Waals surface area contributed by atoms with Gasteiger partial charge in [0, 0.05) is 23.9 Å². The zero-order valence-electron chi connectivity index (χ0n) is 24.5. The minimum absolute atomic E-state index is 0.00884. The molecule has 2 aliphatic carbocycles. The summed E-state index contributed by atoms with van der Waals surface area (Å²) in [5, 5.41) is 4.25. The molecular formula is C29H36N4O9S. The lowest BCUT2D eigenvalue weighted by Gasteiger charge is -2.29. The summed E-state index contributed by atoms with van der Waals surface area (Å²) in [6, 6.07) is 6.17. The van der Waals surface area contributed by atoms with Crippen molar-refractivity contribution in [1.29, 1.82) is 0 Å². The van der Waals surface area contributed by atoms with Gasteiger partial charge in [0.2, 0.25) is 11.8 Å². The number of hydrogen-bond acceptors (Lipinski definition) is 10. The van der Waals surface area contributed by atoms with Crippen LogP contribution in [0.4, 0.5) is 4.79 Å². The first-order valence-electron chi connectivity index (χ1n) is 14.0. The van der Waals surface area contributed by atoms with E-state index < -0.39 is 63.5 Å². The molecule has 0 spiro atoms. The predicted molar refractivity (Wildman–Crippen MR) is 154 cm³/mol. The Morgan fingerprint density at radius 1 is 1.16 bits per heavy atom. The van der Waals surface area contributed by atoms with Crippen LogP contribution < -0.4 is 19.5 Å². The summed E-state index contributed by atoms with van der Waals surface area (Å²) in [7, 11) is -2.79. The highest BCUT2D eigenvalue weighted by atomic mass is 32.2. The van der Waals surface area contributed by atoms with E-state index in [0.29, 0.717) is 24.5 Å². The van der Waals surface area contributed by atoms with Crippen molar-refractivity contribution in [3.63, 3.8) is 0 Å². The third kappa shape index (κ3) is 6.85. The molecule has 1 aliphatic heterocycles. The zero-order chi connectivity index (χ0) is 31.2. The van der Waals surface area contributed by atoms with E-state index in [2.05, 4.69) is 16.9 Å². The van der Waals surface area contributed by atoms with Crippen LogP contribution in [0.3, 0.4) is 0 Å². The molecule has 2 heterocycles. The molecule has 3 fully saturated rings. The number of aromatic nitrogens is 1. The number of pyridine rings is 1. The molecule has 4 atom stereocenters. The van der Waals surface area contributed by atoms with Gasteiger partial charge < -0.3 is 19.5 Å². The van der Waals surface area contributed by atoms with Crippen molar-refractivity contribution in [2.75, 3.05) is 13.7 Å². The molecule has 1 aromatic carbocycles. The van der Waals surface area contributed by atoms with Crippen LogP contribution in [0, 0.1) is 5.92 Å². The number of ether oxygens (including phenoxy) is 3. The number of hydrogen-bond donors (Lipinski definition) is 2. The van der Waals surface area contributed by atoms with E-state index in [1.165, 1.54) is 11.0 Å². The molecule has 2 aromatic rings. The van der Waals surface area contributed by atoms with Gasteiger partial charge in [-0.25, -0.2) is 14.5 Å². The van der Waals surface area contributed by atoms with E-state index in [1.54, 1.807) is 40.1 Å². The molecule has 1 aromatic heterocycles. The number of benzene rings is 1. The Hall–Kier alpha value is -3.91. The standard InChI is InChI=1S/C29H36N4O9S/c1-6-18-15-29(18,26(35)32-43(37,38)42-19-7-8-19)31-24(34)23-14-21(16-33(23)27(36)41-28(2,3)4)40-25-22-10-9-20(39-5)13-17(22)11-12-30-25/h6,9-13,18-19,21,23H,1,7-8,14-16H2,2-5H3,(H,31,34)(H,32,35)/t18-,21?,23+,29-/m1/s1. The Balaban J connectivity index is 1.36. The average Bonchev–Trinajstić information content (AvgIpc) is 3.83. The van der Waals surface area contributed by atoms with Gasteiger partial charge in [0.15, 0.2) is 0 Å². The topological polar surface area (TPSA) is 162 Å². The molecule has 13 nitrogen and oxygen atoms in total. The maximum atomic E-state index is 13.7. The lowest BCUT2D eigenvalue weighted by Crippen LogP contribution is -2.56. The molecule has 2 saturated carbocycles. The summed E-state index contributed by atoms with van der Waals surface area (Å²) >= 11 is 0. The molecule has 5 rings (SSSR count). The lowest BCUT2D eigenvalue weighted by atomic mass is 10.1. The van der Waals surface area contributed by atoms with Gasteiger partial charge in [0.25, 0.3) is 5.91 Å². The maximum Gasteiger partial charge on any atom is 0.411 e. The van der Waals surface area contributed by atoms with Crippen LogP contribution in [-0.2, 0) is 28.8 Å². The molecule has 3 aliphatic rings. The number of amides is 3. The van der Waals surface area contributed by atoms with E-state index in [0.717, 1.165) is 10.8 Å². The Morgan fingerprint density at radius 2 is 1.91 bits per heavy atom. The van der Waals surface area contributed by atoms with Crippen molar-refractivity contribution in [2.24, 2.45) is 5.92 Å². The van der Waals surface area contributed by atoms with Crippen molar-refractivity contribution in [3.05, 3.63) is 43.1 Å². The highest BCUT2D eigenvalue weighted by Gasteiger charge is 2.61. The highest BCUT2D eigenvalue weighted by molar-refractivity contribution is 7.85. The van der Waals surface area contributed by atoms with Crippen molar-refractivity contribution < 1.29 is 41.2 Å². The van der Waals surface area contributed by atoms with Crippen LogP contribution in [0.5, 0.6) is 11.6 Å².